The number of ether oxygens (including phenoxy) is 2. The van der Waals surface area contributed by atoms with Crippen LogP contribution in [0.15, 0.2) is 78.9 Å². The van der Waals surface area contributed by atoms with E-state index >= 15 is 0 Å². The molecular formula is C31H38N2O4. The Hall–Kier alpha value is -3.80. The van der Waals surface area contributed by atoms with Crippen LogP contribution in [0.5, 0.6) is 11.5 Å². The van der Waals surface area contributed by atoms with Crippen molar-refractivity contribution >= 4 is 11.8 Å². The first-order chi connectivity index (χ1) is 17.9. The van der Waals surface area contributed by atoms with Gasteiger partial charge in [-0.05, 0) is 62.6 Å². The highest BCUT2D eigenvalue weighted by molar-refractivity contribution is 5.88. The van der Waals surface area contributed by atoms with E-state index in [1.165, 1.54) is 5.56 Å². The molecule has 196 valence electrons. The summed E-state index contributed by atoms with van der Waals surface area (Å²) in [5.74, 6) is 1.24. The van der Waals surface area contributed by atoms with Crippen LogP contribution < -0.4 is 14.8 Å². The van der Waals surface area contributed by atoms with Gasteiger partial charge in [0, 0.05) is 25.4 Å². The summed E-state index contributed by atoms with van der Waals surface area (Å²) in [4.78, 5) is 28.7. The number of rotatable bonds is 13. The van der Waals surface area contributed by atoms with Crippen molar-refractivity contribution in [2.45, 2.75) is 58.7 Å². The van der Waals surface area contributed by atoms with Gasteiger partial charge in [-0.3, -0.25) is 9.59 Å². The van der Waals surface area contributed by atoms with E-state index in [0.29, 0.717) is 31.7 Å². The van der Waals surface area contributed by atoms with Gasteiger partial charge < -0.3 is 19.7 Å². The van der Waals surface area contributed by atoms with Gasteiger partial charge in [0.2, 0.25) is 11.8 Å². The number of carbonyl (C=O) groups is 2. The first kappa shape index (κ1) is 27.8. The van der Waals surface area contributed by atoms with Crippen LogP contribution in [-0.2, 0) is 22.6 Å². The number of amides is 2. The van der Waals surface area contributed by atoms with E-state index in [1.54, 1.807) is 12.0 Å². The van der Waals surface area contributed by atoms with Gasteiger partial charge in [0.05, 0.1) is 13.7 Å². The van der Waals surface area contributed by atoms with Crippen LogP contribution >= 0.6 is 0 Å². The number of aryl methyl sites for hydroxylation is 1. The molecule has 0 heterocycles. The summed E-state index contributed by atoms with van der Waals surface area (Å²) < 4.78 is 11.2. The van der Waals surface area contributed by atoms with E-state index in [9.17, 15) is 9.59 Å². The molecule has 6 nitrogen and oxygen atoms in total. The quantitative estimate of drug-likeness (QED) is 0.321. The van der Waals surface area contributed by atoms with Crippen molar-refractivity contribution in [1.82, 2.24) is 10.2 Å². The summed E-state index contributed by atoms with van der Waals surface area (Å²) in [5, 5.41) is 3.02. The van der Waals surface area contributed by atoms with E-state index in [2.05, 4.69) is 5.32 Å². The lowest BCUT2D eigenvalue weighted by Gasteiger charge is -2.32. The average molecular weight is 503 g/mol. The predicted octanol–water partition coefficient (Wildman–Crippen LogP) is 5.33. The molecule has 3 rings (SSSR count). The maximum atomic E-state index is 13.6. The van der Waals surface area contributed by atoms with Gasteiger partial charge in [-0.25, -0.2) is 0 Å². The van der Waals surface area contributed by atoms with Gasteiger partial charge in [-0.2, -0.15) is 0 Å². The summed E-state index contributed by atoms with van der Waals surface area (Å²) >= 11 is 0. The maximum absolute atomic E-state index is 13.6. The van der Waals surface area contributed by atoms with Crippen molar-refractivity contribution in [2.75, 3.05) is 13.7 Å². The van der Waals surface area contributed by atoms with E-state index < -0.39 is 6.04 Å². The van der Waals surface area contributed by atoms with Crippen molar-refractivity contribution in [1.29, 1.82) is 0 Å². The summed E-state index contributed by atoms with van der Waals surface area (Å²) in [5.41, 5.74) is 3.07. The monoisotopic (exact) mass is 502 g/mol. The van der Waals surface area contributed by atoms with Crippen LogP contribution in [0.3, 0.4) is 0 Å². The molecule has 0 aromatic heterocycles. The fraction of sp³-hybridized carbons (Fsp3) is 0.355. The van der Waals surface area contributed by atoms with Crippen molar-refractivity contribution in [3.63, 3.8) is 0 Å². The molecule has 3 aromatic rings. The number of methoxy groups -OCH3 is 1. The van der Waals surface area contributed by atoms with Crippen LogP contribution in [-0.4, -0.2) is 42.5 Å². The summed E-state index contributed by atoms with van der Waals surface area (Å²) in [6.07, 6.45) is 1.25. The molecule has 3 aromatic carbocycles. The smallest absolute Gasteiger partial charge is 0.243 e. The average Bonchev–Trinajstić information content (AvgIpc) is 2.89. The van der Waals surface area contributed by atoms with Crippen molar-refractivity contribution in [3.05, 3.63) is 95.6 Å². The Bertz CT molecular complexity index is 1130. The Morgan fingerprint density at radius 1 is 0.892 bits per heavy atom. The number of hydrogen-bond donors (Lipinski definition) is 1. The molecule has 0 saturated heterocycles. The molecule has 6 heteroatoms. The van der Waals surface area contributed by atoms with Gasteiger partial charge in [0.25, 0.3) is 0 Å². The Labute approximate surface area is 220 Å². The second-order valence-corrected chi connectivity index (χ2v) is 9.51. The summed E-state index contributed by atoms with van der Waals surface area (Å²) in [7, 11) is 1.62. The zero-order chi connectivity index (χ0) is 26.6. The summed E-state index contributed by atoms with van der Waals surface area (Å²) in [6, 6.07) is 24.6. The third-order valence-corrected chi connectivity index (χ3v) is 6.01. The highest BCUT2D eigenvalue weighted by Crippen LogP contribution is 2.20. The van der Waals surface area contributed by atoms with Gasteiger partial charge in [-0.15, -0.1) is 0 Å². The molecule has 0 bridgehead atoms. The molecule has 0 fully saturated rings. The zero-order valence-electron chi connectivity index (χ0n) is 22.3. The molecule has 0 radical (unpaired) electrons. The van der Waals surface area contributed by atoms with Gasteiger partial charge in [-0.1, -0.05) is 60.2 Å². The fourth-order valence-electron chi connectivity index (χ4n) is 4.09. The highest BCUT2D eigenvalue weighted by Gasteiger charge is 2.30. The number of benzene rings is 3. The van der Waals surface area contributed by atoms with Crippen LogP contribution in [0.25, 0.3) is 0 Å². The largest absolute Gasteiger partial charge is 0.497 e. The SMILES string of the molecule is COc1cccc(CN(C(=O)CCCOc2ccc(C)cc2)[C@H](Cc2ccccc2)C(=O)NC(C)C)c1. The van der Waals surface area contributed by atoms with Crippen molar-refractivity contribution in [2.24, 2.45) is 0 Å². The summed E-state index contributed by atoms with van der Waals surface area (Å²) in [6.45, 7) is 6.60. The highest BCUT2D eigenvalue weighted by atomic mass is 16.5. The van der Waals surface area contributed by atoms with E-state index in [-0.39, 0.29) is 24.3 Å². The first-order valence-electron chi connectivity index (χ1n) is 12.8. The Balaban J connectivity index is 1.80. The van der Waals surface area contributed by atoms with Gasteiger partial charge in [0.15, 0.2) is 0 Å². The van der Waals surface area contributed by atoms with E-state index in [1.807, 2.05) is 99.6 Å². The minimum absolute atomic E-state index is 0.0394. The lowest BCUT2D eigenvalue weighted by Crippen LogP contribution is -2.51. The molecule has 37 heavy (non-hydrogen) atoms. The van der Waals surface area contributed by atoms with Crippen LogP contribution in [0.1, 0.15) is 43.4 Å². The number of nitrogens with zero attached hydrogens (tertiary/aromatic N) is 1. The zero-order valence-corrected chi connectivity index (χ0v) is 22.3. The predicted molar refractivity (Wildman–Crippen MR) is 147 cm³/mol. The molecule has 0 aliphatic rings. The molecular weight excluding hydrogens is 464 g/mol. The Morgan fingerprint density at radius 3 is 2.27 bits per heavy atom. The van der Waals surface area contributed by atoms with E-state index in [4.69, 9.17) is 9.47 Å². The fourth-order valence-corrected chi connectivity index (χ4v) is 4.09. The molecule has 1 atom stereocenters. The lowest BCUT2D eigenvalue weighted by molar-refractivity contribution is -0.141. The number of nitrogens with one attached hydrogen (secondary N) is 1. The Morgan fingerprint density at radius 2 is 1.59 bits per heavy atom. The van der Waals surface area contributed by atoms with Gasteiger partial charge in [0.1, 0.15) is 17.5 Å². The van der Waals surface area contributed by atoms with Crippen LogP contribution in [0.4, 0.5) is 0 Å². The third-order valence-electron chi connectivity index (χ3n) is 6.01. The van der Waals surface area contributed by atoms with Gasteiger partial charge >= 0.3 is 0 Å². The number of carbonyl (C=O) groups excluding carboxylic acids is 2. The maximum Gasteiger partial charge on any atom is 0.243 e. The van der Waals surface area contributed by atoms with Crippen molar-refractivity contribution in [3.8, 4) is 11.5 Å². The first-order valence-corrected chi connectivity index (χ1v) is 12.8. The Kier molecular flexibility index (Phi) is 10.6. The molecule has 1 N–H and O–H groups in total. The minimum Gasteiger partial charge on any atom is -0.497 e. The molecule has 0 saturated carbocycles. The third kappa shape index (κ3) is 8.98. The topological polar surface area (TPSA) is 67.9 Å². The molecule has 0 unspecified atom stereocenters. The molecule has 0 aliphatic heterocycles. The van der Waals surface area contributed by atoms with Crippen molar-refractivity contribution < 1.29 is 19.1 Å². The second-order valence-electron chi connectivity index (χ2n) is 9.51. The number of hydrogen-bond acceptors (Lipinski definition) is 4. The molecule has 0 aliphatic carbocycles. The van der Waals surface area contributed by atoms with Crippen LogP contribution in [0.2, 0.25) is 0 Å². The molecule has 0 spiro atoms. The van der Waals surface area contributed by atoms with Crippen LogP contribution in [0, 0.1) is 6.92 Å². The minimum atomic E-state index is -0.651. The van der Waals surface area contributed by atoms with E-state index in [0.717, 1.165) is 16.9 Å². The second kappa shape index (κ2) is 14.1. The molecule has 2 amide bonds. The normalized spacial score (nSPS) is 11.6. The lowest BCUT2D eigenvalue weighted by atomic mass is 10.0. The standard InChI is InChI=1S/C31H38N2O4/c1-23(2)32-31(35)29(21-25-10-6-5-7-11-25)33(22-26-12-8-13-28(20-26)36-4)30(34)14-9-19-37-27-17-15-24(3)16-18-27/h5-8,10-13,15-18,20,23,29H,9,14,19,21-22H2,1-4H3,(H,32,35)/t29-/m1/s1.